The number of fused-ring (bicyclic) bond motifs is 1. The maximum atomic E-state index is 11.0. The average molecular weight is 266 g/mol. The Hall–Kier alpha value is -1.27. The van der Waals surface area contributed by atoms with Gasteiger partial charge in [0.2, 0.25) is 0 Å². The molecule has 3 rings (SSSR count). The van der Waals surface area contributed by atoms with E-state index in [1.54, 1.807) is 13.1 Å². The molecule has 0 saturated heterocycles. The van der Waals surface area contributed by atoms with Crippen LogP contribution in [0.25, 0.3) is 0 Å². The molecule has 4 nitrogen and oxygen atoms in total. The number of hydrogen-bond acceptors (Lipinski definition) is 4. The van der Waals surface area contributed by atoms with Gasteiger partial charge in [-0.25, -0.2) is 8.61 Å². The van der Waals surface area contributed by atoms with Crippen molar-refractivity contribution in [3.63, 3.8) is 0 Å². The number of benzene rings is 1. The maximum absolute atomic E-state index is 11.0. The van der Waals surface area contributed by atoms with Gasteiger partial charge in [0, 0.05) is 11.8 Å². The minimum absolute atomic E-state index is 0.171. The number of carbonyl (C=O) groups excluding carboxylic acids is 1. The Balaban J connectivity index is 0.000000136. The van der Waals surface area contributed by atoms with Crippen LogP contribution in [0.15, 0.2) is 38.0 Å². The second-order valence-corrected chi connectivity index (χ2v) is 5.27. The smallest absolute Gasteiger partial charge is 0.189 e. The summed E-state index contributed by atoms with van der Waals surface area (Å²) in [7, 11) is -1.13. The molecule has 2 aliphatic heterocycles. The largest absolute Gasteiger partial charge is 0.292 e. The van der Waals surface area contributed by atoms with Crippen molar-refractivity contribution in [3.05, 3.63) is 29.8 Å². The molecule has 1 aromatic carbocycles. The first-order valence-electron chi connectivity index (χ1n) is 4.93. The number of rotatable bonds is 0. The van der Waals surface area contributed by atoms with Crippen LogP contribution in [0, 0.1) is 0 Å². The zero-order valence-electron chi connectivity index (χ0n) is 9.12. The summed E-state index contributed by atoms with van der Waals surface area (Å²) in [5.74, 6) is 0.719. The van der Waals surface area contributed by atoms with E-state index in [1.165, 1.54) is 11.9 Å². The van der Waals surface area contributed by atoms with Gasteiger partial charge in [-0.15, -0.1) is 0 Å². The van der Waals surface area contributed by atoms with Crippen LogP contribution in [0.5, 0.6) is 0 Å². The minimum Gasteiger partial charge on any atom is -0.292 e. The lowest BCUT2D eigenvalue weighted by molar-refractivity contribution is -0.110. The lowest BCUT2D eigenvalue weighted by atomic mass is 10.2. The SMILES string of the molecule is CC1=NSCC1=O.O=S1N=Cc2ccccc21. The Bertz CT molecular complexity index is 538. The maximum Gasteiger partial charge on any atom is 0.189 e. The van der Waals surface area contributed by atoms with Crippen molar-refractivity contribution < 1.29 is 9.00 Å². The summed E-state index contributed by atoms with van der Waals surface area (Å²) in [6.45, 7) is 1.74. The van der Waals surface area contributed by atoms with Crippen molar-refractivity contribution >= 4 is 40.6 Å². The van der Waals surface area contributed by atoms with Gasteiger partial charge in [-0.3, -0.25) is 4.79 Å². The molecular formula is C11H10N2O2S2. The zero-order chi connectivity index (χ0) is 12.3. The molecular weight excluding hydrogens is 256 g/mol. The van der Waals surface area contributed by atoms with Crippen LogP contribution in [0.4, 0.5) is 0 Å². The fraction of sp³-hybridized carbons (Fsp3) is 0.182. The molecule has 0 N–H and O–H groups in total. The third kappa shape index (κ3) is 2.89. The highest BCUT2D eigenvalue weighted by atomic mass is 32.2. The summed E-state index contributed by atoms with van der Waals surface area (Å²) in [4.78, 5) is 11.2. The molecule has 0 radical (unpaired) electrons. The van der Waals surface area contributed by atoms with Crippen molar-refractivity contribution in [2.75, 3.05) is 5.75 Å². The monoisotopic (exact) mass is 266 g/mol. The summed E-state index contributed by atoms with van der Waals surface area (Å²) < 4.78 is 18.5. The van der Waals surface area contributed by atoms with Gasteiger partial charge in [-0.05, 0) is 24.9 Å². The molecule has 1 atom stereocenters. The van der Waals surface area contributed by atoms with Crippen LogP contribution >= 0.6 is 11.9 Å². The first kappa shape index (κ1) is 12.2. The van der Waals surface area contributed by atoms with Crippen LogP contribution < -0.4 is 0 Å². The van der Waals surface area contributed by atoms with E-state index in [4.69, 9.17) is 0 Å². The molecule has 0 fully saturated rings. The molecule has 0 aromatic heterocycles. The fourth-order valence-corrected chi connectivity index (χ4v) is 2.78. The summed E-state index contributed by atoms with van der Waals surface area (Å²) in [6, 6.07) is 7.51. The normalized spacial score (nSPS) is 20.6. The van der Waals surface area contributed by atoms with Gasteiger partial charge in [0.05, 0.1) is 16.4 Å². The lowest BCUT2D eigenvalue weighted by Gasteiger charge is -1.90. The van der Waals surface area contributed by atoms with Crippen LogP contribution in [0.1, 0.15) is 12.5 Å². The first-order chi connectivity index (χ1) is 8.18. The van der Waals surface area contributed by atoms with Gasteiger partial charge in [-0.2, -0.15) is 4.40 Å². The number of Topliss-reactive ketones (excluding diaryl/α,β-unsaturated/α-hetero) is 1. The average Bonchev–Trinajstić information content (AvgIpc) is 2.89. The Morgan fingerprint density at radius 3 is 2.65 bits per heavy atom. The summed E-state index contributed by atoms with van der Waals surface area (Å²) >= 11 is 1.33. The highest BCUT2D eigenvalue weighted by Crippen LogP contribution is 2.17. The molecule has 2 aliphatic rings. The van der Waals surface area contributed by atoms with Crippen LogP contribution in [0.2, 0.25) is 0 Å². The fourth-order valence-electron chi connectivity index (χ4n) is 1.25. The number of ketones is 1. The van der Waals surface area contributed by atoms with E-state index < -0.39 is 11.0 Å². The van der Waals surface area contributed by atoms with E-state index in [2.05, 4.69) is 8.80 Å². The minimum atomic E-state index is -1.13. The van der Waals surface area contributed by atoms with E-state index in [9.17, 15) is 9.00 Å². The third-order valence-electron chi connectivity index (χ3n) is 2.20. The summed E-state index contributed by atoms with van der Waals surface area (Å²) in [5, 5.41) is 0. The molecule has 0 saturated carbocycles. The van der Waals surface area contributed by atoms with E-state index in [0.717, 1.165) is 10.5 Å². The van der Waals surface area contributed by atoms with Gasteiger partial charge in [0.15, 0.2) is 16.8 Å². The van der Waals surface area contributed by atoms with Crippen molar-refractivity contribution in [2.45, 2.75) is 11.8 Å². The van der Waals surface area contributed by atoms with E-state index in [-0.39, 0.29) is 5.78 Å². The highest BCUT2D eigenvalue weighted by Gasteiger charge is 2.11. The van der Waals surface area contributed by atoms with E-state index in [1.807, 2.05) is 24.3 Å². The Morgan fingerprint density at radius 1 is 1.35 bits per heavy atom. The van der Waals surface area contributed by atoms with Crippen molar-refractivity contribution in [1.29, 1.82) is 0 Å². The summed E-state index contributed by atoms with van der Waals surface area (Å²) in [6.07, 6.45) is 1.64. The molecule has 0 spiro atoms. The topological polar surface area (TPSA) is 58.9 Å². The standard InChI is InChI=1S/C7H5NOS.C4H5NOS/c9-10-7-4-2-1-3-6(7)5-8-10;1-3-4(6)2-7-5-3/h1-5H;2H2,1H3. The molecule has 0 aliphatic carbocycles. The molecule has 2 heterocycles. The van der Waals surface area contributed by atoms with Gasteiger partial charge in [0.25, 0.3) is 0 Å². The van der Waals surface area contributed by atoms with Gasteiger partial charge < -0.3 is 0 Å². The number of hydrogen-bond donors (Lipinski definition) is 0. The molecule has 88 valence electrons. The molecule has 1 unspecified atom stereocenters. The second-order valence-electron chi connectivity index (χ2n) is 3.39. The van der Waals surface area contributed by atoms with E-state index in [0.29, 0.717) is 11.5 Å². The molecule has 6 heteroatoms. The molecule has 0 bridgehead atoms. The third-order valence-corrected chi connectivity index (χ3v) is 4.03. The zero-order valence-corrected chi connectivity index (χ0v) is 10.8. The van der Waals surface area contributed by atoms with Gasteiger partial charge in [0.1, 0.15) is 0 Å². The Morgan fingerprint density at radius 2 is 2.12 bits per heavy atom. The van der Waals surface area contributed by atoms with Crippen LogP contribution in [0.3, 0.4) is 0 Å². The second kappa shape index (κ2) is 5.37. The Labute approximate surface area is 106 Å². The van der Waals surface area contributed by atoms with Crippen molar-refractivity contribution in [3.8, 4) is 0 Å². The quantitative estimate of drug-likeness (QED) is 0.673. The van der Waals surface area contributed by atoms with Crippen molar-refractivity contribution in [1.82, 2.24) is 0 Å². The Kier molecular flexibility index (Phi) is 3.86. The number of nitrogens with zero attached hydrogens (tertiary/aromatic N) is 2. The van der Waals surface area contributed by atoms with Gasteiger partial charge in [-0.1, -0.05) is 18.2 Å². The predicted octanol–water partition coefficient (Wildman–Crippen LogP) is 1.82. The molecule has 17 heavy (non-hydrogen) atoms. The lowest BCUT2D eigenvalue weighted by Crippen LogP contribution is -2.04. The molecule has 0 amide bonds. The predicted molar refractivity (Wildman–Crippen MR) is 71.0 cm³/mol. The van der Waals surface area contributed by atoms with Crippen LogP contribution in [-0.2, 0) is 15.8 Å². The van der Waals surface area contributed by atoms with Crippen molar-refractivity contribution in [2.24, 2.45) is 8.80 Å². The highest BCUT2D eigenvalue weighted by molar-refractivity contribution is 7.99. The van der Waals surface area contributed by atoms with Gasteiger partial charge >= 0.3 is 0 Å². The van der Waals surface area contributed by atoms with Crippen LogP contribution in [-0.4, -0.2) is 27.7 Å². The first-order valence-corrected chi connectivity index (χ1v) is 6.98. The molecule has 1 aromatic rings. The summed E-state index contributed by atoms with van der Waals surface area (Å²) in [5.41, 5.74) is 1.63. The van der Waals surface area contributed by atoms with E-state index >= 15 is 0 Å². The number of carbonyl (C=O) groups is 1.